The standard InChI is InChI=1S/C15H12BrClN2O2/c16-15-9(2-1-3-11(15)18)7-19-12-6-10(17)4-5-13(12)21-8-14(19)20/h1-6H,7-8,18H2. The fraction of sp³-hybridized carbons (Fsp3) is 0.133. The summed E-state index contributed by atoms with van der Waals surface area (Å²) in [6, 6.07) is 10.8. The summed E-state index contributed by atoms with van der Waals surface area (Å²) in [7, 11) is 0. The number of fused-ring (bicyclic) bond motifs is 1. The number of halogens is 2. The van der Waals surface area contributed by atoms with Crippen LogP contribution in [0.3, 0.4) is 0 Å². The van der Waals surface area contributed by atoms with E-state index in [1.165, 1.54) is 0 Å². The molecule has 4 nitrogen and oxygen atoms in total. The molecule has 21 heavy (non-hydrogen) atoms. The Kier molecular flexibility index (Phi) is 3.78. The number of benzene rings is 2. The van der Waals surface area contributed by atoms with Crippen LogP contribution in [0.5, 0.6) is 5.75 Å². The molecule has 2 aromatic carbocycles. The number of nitrogens with zero attached hydrogens (tertiary/aromatic N) is 1. The van der Waals surface area contributed by atoms with Gasteiger partial charge in [0.2, 0.25) is 0 Å². The van der Waals surface area contributed by atoms with Gasteiger partial charge < -0.3 is 15.4 Å². The molecule has 0 spiro atoms. The second-order valence-electron chi connectivity index (χ2n) is 4.70. The Morgan fingerprint density at radius 3 is 2.95 bits per heavy atom. The summed E-state index contributed by atoms with van der Waals surface area (Å²) in [6.45, 7) is 0.426. The van der Waals surface area contributed by atoms with Gasteiger partial charge in [0.25, 0.3) is 5.91 Å². The van der Waals surface area contributed by atoms with E-state index < -0.39 is 0 Å². The van der Waals surface area contributed by atoms with Gasteiger partial charge in [0.05, 0.1) is 12.2 Å². The lowest BCUT2D eigenvalue weighted by atomic mass is 10.1. The maximum absolute atomic E-state index is 12.2. The molecule has 108 valence electrons. The lowest BCUT2D eigenvalue weighted by Crippen LogP contribution is -2.38. The van der Waals surface area contributed by atoms with Gasteiger partial charge in [-0.2, -0.15) is 0 Å². The highest BCUT2D eigenvalue weighted by molar-refractivity contribution is 9.10. The smallest absolute Gasteiger partial charge is 0.265 e. The van der Waals surface area contributed by atoms with Crippen molar-refractivity contribution < 1.29 is 9.53 Å². The Hall–Kier alpha value is -1.72. The van der Waals surface area contributed by atoms with Crippen molar-refractivity contribution in [1.82, 2.24) is 0 Å². The summed E-state index contributed by atoms with van der Waals surface area (Å²) in [5, 5.41) is 0.559. The van der Waals surface area contributed by atoms with Gasteiger partial charge in [-0.1, -0.05) is 23.7 Å². The van der Waals surface area contributed by atoms with Crippen LogP contribution in [0.4, 0.5) is 11.4 Å². The summed E-state index contributed by atoms with van der Waals surface area (Å²) >= 11 is 9.49. The van der Waals surface area contributed by atoms with Crippen molar-refractivity contribution in [1.29, 1.82) is 0 Å². The molecule has 0 aliphatic carbocycles. The molecule has 1 amide bonds. The van der Waals surface area contributed by atoms with Gasteiger partial charge in [-0.05, 0) is 45.8 Å². The van der Waals surface area contributed by atoms with Gasteiger partial charge in [-0.3, -0.25) is 4.79 Å². The van der Waals surface area contributed by atoms with E-state index in [4.69, 9.17) is 22.1 Å². The molecule has 0 unspecified atom stereocenters. The van der Waals surface area contributed by atoms with Crippen LogP contribution in [0, 0.1) is 0 Å². The average molecular weight is 368 g/mol. The number of nitrogens with two attached hydrogens (primary N) is 1. The lowest BCUT2D eigenvalue weighted by Gasteiger charge is -2.30. The van der Waals surface area contributed by atoms with Crippen LogP contribution >= 0.6 is 27.5 Å². The molecule has 0 saturated carbocycles. The molecule has 1 aliphatic rings. The zero-order valence-electron chi connectivity index (χ0n) is 11.0. The summed E-state index contributed by atoms with van der Waals surface area (Å²) < 4.78 is 6.23. The lowest BCUT2D eigenvalue weighted by molar-refractivity contribution is -0.121. The first kappa shape index (κ1) is 14.2. The predicted molar refractivity (Wildman–Crippen MR) is 86.7 cm³/mol. The molecule has 0 bridgehead atoms. The summed E-state index contributed by atoms with van der Waals surface area (Å²) in [5.74, 6) is 0.540. The minimum absolute atomic E-state index is 0.0224. The molecule has 0 aromatic heterocycles. The third kappa shape index (κ3) is 2.71. The minimum Gasteiger partial charge on any atom is -0.482 e. The molecule has 1 aliphatic heterocycles. The molecule has 2 N–H and O–H groups in total. The number of rotatable bonds is 2. The summed E-state index contributed by atoms with van der Waals surface area (Å²) in [4.78, 5) is 13.8. The van der Waals surface area contributed by atoms with E-state index in [2.05, 4.69) is 15.9 Å². The zero-order chi connectivity index (χ0) is 15.0. The molecular formula is C15H12BrClN2O2. The largest absolute Gasteiger partial charge is 0.482 e. The van der Waals surface area contributed by atoms with Gasteiger partial charge in [0.15, 0.2) is 6.61 Å². The number of ether oxygens (including phenoxy) is 1. The van der Waals surface area contributed by atoms with Gasteiger partial charge in [0.1, 0.15) is 5.75 Å². The predicted octanol–water partition coefficient (Wildman–Crippen LogP) is 3.61. The third-order valence-electron chi connectivity index (χ3n) is 3.30. The number of carbonyl (C=O) groups is 1. The van der Waals surface area contributed by atoms with E-state index in [1.807, 2.05) is 12.1 Å². The highest BCUT2D eigenvalue weighted by Gasteiger charge is 2.26. The second-order valence-corrected chi connectivity index (χ2v) is 5.93. The second kappa shape index (κ2) is 5.58. The van der Waals surface area contributed by atoms with Gasteiger partial charge in [-0.15, -0.1) is 0 Å². The molecular weight excluding hydrogens is 356 g/mol. The van der Waals surface area contributed by atoms with Gasteiger partial charge in [-0.25, -0.2) is 0 Å². The number of anilines is 2. The zero-order valence-corrected chi connectivity index (χ0v) is 13.3. The quantitative estimate of drug-likeness (QED) is 0.825. The number of carbonyl (C=O) groups excluding carboxylic acids is 1. The van der Waals surface area contributed by atoms with Crippen LogP contribution in [0.1, 0.15) is 5.56 Å². The fourth-order valence-electron chi connectivity index (χ4n) is 2.24. The molecule has 3 rings (SSSR count). The van der Waals surface area contributed by atoms with Crippen molar-refractivity contribution in [3.63, 3.8) is 0 Å². The van der Waals surface area contributed by atoms with E-state index in [-0.39, 0.29) is 12.5 Å². The Morgan fingerprint density at radius 1 is 1.33 bits per heavy atom. The topological polar surface area (TPSA) is 55.6 Å². The monoisotopic (exact) mass is 366 g/mol. The Morgan fingerprint density at radius 2 is 2.14 bits per heavy atom. The Balaban J connectivity index is 2.00. The van der Waals surface area contributed by atoms with Crippen LogP contribution in [-0.2, 0) is 11.3 Å². The minimum atomic E-state index is -0.112. The molecule has 0 radical (unpaired) electrons. The first-order valence-corrected chi connectivity index (χ1v) is 7.49. The number of amides is 1. The van der Waals surface area contributed by atoms with Crippen molar-refractivity contribution in [3.8, 4) is 5.75 Å². The van der Waals surface area contributed by atoms with Gasteiger partial charge in [0, 0.05) is 15.2 Å². The van der Waals surface area contributed by atoms with Crippen molar-refractivity contribution in [2.24, 2.45) is 0 Å². The maximum atomic E-state index is 12.2. The Bertz CT molecular complexity index is 721. The van der Waals surface area contributed by atoms with E-state index >= 15 is 0 Å². The van der Waals surface area contributed by atoms with Crippen molar-refractivity contribution in [3.05, 3.63) is 51.5 Å². The molecule has 6 heteroatoms. The van der Waals surface area contributed by atoms with Crippen LogP contribution in [-0.4, -0.2) is 12.5 Å². The van der Waals surface area contributed by atoms with Crippen LogP contribution in [0.2, 0.25) is 5.02 Å². The third-order valence-corrected chi connectivity index (χ3v) is 4.50. The van der Waals surface area contributed by atoms with Crippen molar-refractivity contribution >= 4 is 44.8 Å². The summed E-state index contributed by atoms with van der Waals surface area (Å²) in [6.07, 6.45) is 0. The van der Waals surface area contributed by atoms with E-state index in [9.17, 15) is 4.79 Å². The van der Waals surface area contributed by atoms with Crippen molar-refractivity contribution in [2.45, 2.75) is 6.54 Å². The van der Waals surface area contributed by atoms with E-state index in [0.717, 1.165) is 10.0 Å². The van der Waals surface area contributed by atoms with E-state index in [0.29, 0.717) is 28.7 Å². The number of hydrogen-bond donors (Lipinski definition) is 1. The molecule has 0 atom stereocenters. The Labute approximate surface area is 135 Å². The van der Waals surface area contributed by atoms with E-state index in [1.54, 1.807) is 29.2 Å². The van der Waals surface area contributed by atoms with Crippen molar-refractivity contribution in [2.75, 3.05) is 17.2 Å². The first-order chi connectivity index (χ1) is 10.1. The number of nitrogen functional groups attached to an aromatic ring is 1. The maximum Gasteiger partial charge on any atom is 0.265 e. The molecule has 1 heterocycles. The van der Waals surface area contributed by atoms with Crippen LogP contribution in [0.15, 0.2) is 40.9 Å². The number of hydrogen-bond acceptors (Lipinski definition) is 3. The highest BCUT2D eigenvalue weighted by atomic mass is 79.9. The first-order valence-electron chi connectivity index (χ1n) is 6.32. The van der Waals surface area contributed by atoms with Crippen LogP contribution in [0.25, 0.3) is 0 Å². The normalized spacial score (nSPS) is 13.8. The average Bonchev–Trinajstić information content (AvgIpc) is 2.46. The molecule has 2 aromatic rings. The molecule has 0 saturated heterocycles. The highest BCUT2D eigenvalue weighted by Crippen LogP contribution is 2.36. The molecule has 0 fully saturated rings. The fourth-order valence-corrected chi connectivity index (χ4v) is 2.80. The van der Waals surface area contributed by atoms with Crippen LogP contribution < -0.4 is 15.4 Å². The summed E-state index contributed by atoms with van der Waals surface area (Å²) in [5.41, 5.74) is 8.12. The van der Waals surface area contributed by atoms with Gasteiger partial charge >= 0.3 is 0 Å². The SMILES string of the molecule is Nc1cccc(CN2C(=O)COc3ccc(Cl)cc32)c1Br.